The quantitative estimate of drug-likeness (QED) is 0.305. The van der Waals surface area contributed by atoms with E-state index < -0.39 is 6.10 Å². The summed E-state index contributed by atoms with van der Waals surface area (Å²) in [6.45, 7) is 9.21. The number of nitrogens with zero attached hydrogens (tertiary/aromatic N) is 2. The molecule has 7 heteroatoms. The molecule has 6 atom stereocenters. The first-order chi connectivity index (χ1) is 21.2. The number of hydrogen-bond donors (Lipinski definition) is 3. The van der Waals surface area contributed by atoms with E-state index in [0.717, 1.165) is 45.3 Å². The summed E-state index contributed by atoms with van der Waals surface area (Å²) < 4.78 is 0. The summed E-state index contributed by atoms with van der Waals surface area (Å²) >= 11 is 0. The molecule has 1 aliphatic carbocycles. The van der Waals surface area contributed by atoms with Crippen LogP contribution in [0.4, 0.5) is 0 Å². The maximum atomic E-state index is 13.8. The lowest BCUT2D eigenvalue weighted by Crippen LogP contribution is -2.59. The van der Waals surface area contributed by atoms with Crippen LogP contribution in [0.5, 0.6) is 0 Å². The third-order valence-corrected chi connectivity index (χ3v) is 9.94. The van der Waals surface area contributed by atoms with Gasteiger partial charge in [0, 0.05) is 43.7 Å². The minimum absolute atomic E-state index is 0.0533. The van der Waals surface area contributed by atoms with Crippen LogP contribution in [-0.2, 0) is 22.6 Å². The molecule has 7 nitrogen and oxygen atoms in total. The molecule has 1 saturated carbocycles. The number of aliphatic hydroxyl groups is 1. The molecule has 3 N–H and O–H groups in total. The number of rotatable bonds is 12. The molecule has 0 radical (unpaired) electrons. The average Bonchev–Trinajstić information content (AvgIpc) is 3.28. The molecule has 2 heterocycles. The summed E-state index contributed by atoms with van der Waals surface area (Å²) in [5, 5.41) is 18.3. The maximum absolute atomic E-state index is 13.8. The van der Waals surface area contributed by atoms with Crippen LogP contribution in [-0.4, -0.2) is 76.6 Å². The highest BCUT2D eigenvalue weighted by atomic mass is 16.3. The van der Waals surface area contributed by atoms with Gasteiger partial charge in [-0.2, -0.15) is 0 Å². The summed E-state index contributed by atoms with van der Waals surface area (Å²) in [7, 11) is 0. The molecule has 3 aliphatic rings. The largest absolute Gasteiger partial charge is 0.390 e. The monoisotopic (exact) mass is 602 g/mol. The van der Waals surface area contributed by atoms with Crippen molar-refractivity contribution in [2.45, 2.75) is 102 Å². The molecule has 240 valence electrons. The van der Waals surface area contributed by atoms with E-state index in [0.29, 0.717) is 24.9 Å². The summed E-state index contributed by atoms with van der Waals surface area (Å²) in [6.07, 6.45) is 7.43. The highest BCUT2D eigenvalue weighted by Gasteiger charge is 2.43. The molecular weight excluding hydrogens is 548 g/mol. The van der Waals surface area contributed by atoms with Crippen LogP contribution in [0.3, 0.4) is 0 Å². The van der Waals surface area contributed by atoms with Crippen molar-refractivity contribution in [2.24, 2.45) is 17.8 Å². The normalized spacial score (nSPS) is 26.8. The van der Waals surface area contributed by atoms with E-state index in [1.807, 2.05) is 62.1 Å². The second-order valence-corrected chi connectivity index (χ2v) is 14.6. The number of amides is 2. The third kappa shape index (κ3) is 8.92. The van der Waals surface area contributed by atoms with Crippen LogP contribution in [0.25, 0.3) is 0 Å². The van der Waals surface area contributed by atoms with E-state index in [1.165, 1.54) is 36.8 Å². The van der Waals surface area contributed by atoms with Crippen LogP contribution < -0.4 is 10.6 Å². The number of fused-ring (bicyclic) bond motifs is 1. The van der Waals surface area contributed by atoms with E-state index in [9.17, 15) is 14.7 Å². The minimum atomic E-state index is -0.711. The van der Waals surface area contributed by atoms with Gasteiger partial charge in [-0.1, -0.05) is 79.9 Å². The standard InChI is InChI=1S/C37H54N4O3/c1-37(2,3)39-35(43)34-22-29-16-10-11-17-31(29)24-40(34)25-33(42)26-41-32(20-27-12-6-4-7-13-27)21-30(36(41)44)18-19-38-23-28-14-8-5-9-15-28/h4-9,12-15,29-34,38,42H,10-11,16-26H2,1-3H3,(H,39,43)/t29-,30?,31+,32-,33?,34?/m0/s1. The number of carbonyl (C=O) groups excluding carboxylic acids is 2. The van der Waals surface area contributed by atoms with Gasteiger partial charge in [0.1, 0.15) is 0 Å². The lowest BCUT2D eigenvalue weighted by atomic mass is 9.72. The highest BCUT2D eigenvalue weighted by molar-refractivity contribution is 5.83. The number of aliphatic hydroxyl groups excluding tert-OH is 1. The van der Waals surface area contributed by atoms with E-state index in [-0.39, 0.29) is 35.4 Å². The van der Waals surface area contributed by atoms with Gasteiger partial charge in [-0.25, -0.2) is 0 Å². The maximum Gasteiger partial charge on any atom is 0.237 e. The van der Waals surface area contributed by atoms with E-state index in [2.05, 4.69) is 39.8 Å². The van der Waals surface area contributed by atoms with Crippen molar-refractivity contribution in [3.63, 3.8) is 0 Å². The Labute approximate surface area is 264 Å². The average molecular weight is 603 g/mol. The first-order valence-electron chi connectivity index (χ1n) is 17.0. The molecule has 2 aliphatic heterocycles. The van der Waals surface area contributed by atoms with Crippen LogP contribution in [0, 0.1) is 17.8 Å². The van der Waals surface area contributed by atoms with Crippen molar-refractivity contribution in [3.8, 4) is 0 Å². The molecule has 2 aromatic carbocycles. The zero-order valence-electron chi connectivity index (χ0n) is 27.1. The number of hydrogen-bond acceptors (Lipinski definition) is 5. The van der Waals surface area contributed by atoms with Gasteiger partial charge >= 0.3 is 0 Å². The summed E-state index contributed by atoms with van der Waals surface area (Å²) in [5.74, 6) is 1.33. The minimum Gasteiger partial charge on any atom is -0.390 e. The molecular formula is C37H54N4O3. The molecule has 0 bridgehead atoms. The zero-order chi connectivity index (χ0) is 31.1. The summed E-state index contributed by atoms with van der Waals surface area (Å²) in [5.41, 5.74) is 2.15. The predicted molar refractivity (Wildman–Crippen MR) is 176 cm³/mol. The van der Waals surface area contributed by atoms with Gasteiger partial charge in [0.25, 0.3) is 0 Å². The fraction of sp³-hybridized carbons (Fsp3) is 0.622. The fourth-order valence-electron chi connectivity index (χ4n) is 7.82. The molecule has 0 spiro atoms. The van der Waals surface area contributed by atoms with Crippen LogP contribution in [0.2, 0.25) is 0 Å². The van der Waals surface area contributed by atoms with E-state index in [4.69, 9.17) is 0 Å². The van der Waals surface area contributed by atoms with Gasteiger partial charge in [0.15, 0.2) is 0 Å². The van der Waals surface area contributed by atoms with Crippen molar-refractivity contribution >= 4 is 11.8 Å². The first kappa shape index (κ1) is 32.6. The SMILES string of the molecule is CC(C)(C)NC(=O)C1C[C@@H]2CCCC[C@@H]2CN1CC(O)CN1C(=O)C(CCNCc2ccccc2)C[C@@H]1Cc1ccccc1. The smallest absolute Gasteiger partial charge is 0.237 e. The molecule has 0 aromatic heterocycles. The number of benzene rings is 2. The Morgan fingerprint density at radius 1 is 0.932 bits per heavy atom. The summed E-state index contributed by atoms with van der Waals surface area (Å²) in [4.78, 5) is 31.5. The second-order valence-electron chi connectivity index (χ2n) is 14.6. The Kier molecular flexibility index (Phi) is 11.2. The lowest BCUT2D eigenvalue weighted by Gasteiger charge is -2.46. The topological polar surface area (TPSA) is 84.9 Å². The lowest BCUT2D eigenvalue weighted by molar-refractivity contribution is -0.136. The summed E-state index contributed by atoms with van der Waals surface area (Å²) in [6, 6.07) is 20.5. The van der Waals surface area contributed by atoms with Gasteiger partial charge in [0.2, 0.25) is 11.8 Å². The Balaban J connectivity index is 1.23. The fourth-order valence-corrected chi connectivity index (χ4v) is 7.82. The van der Waals surface area contributed by atoms with E-state index >= 15 is 0 Å². The van der Waals surface area contributed by atoms with Crippen LogP contribution in [0.1, 0.15) is 76.8 Å². The molecule has 2 amide bonds. The number of piperidine rings is 1. The number of likely N-dealkylation sites (tertiary alicyclic amines) is 2. The van der Waals surface area contributed by atoms with Crippen molar-refractivity contribution in [2.75, 3.05) is 26.2 Å². The van der Waals surface area contributed by atoms with Gasteiger partial charge in [-0.05, 0) is 82.4 Å². The first-order valence-corrected chi connectivity index (χ1v) is 17.0. The predicted octanol–water partition coefficient (Wildman–Crippen LogP) is 4.78. The zero-order valence-corrected chi connectivity index (χ0v) is 27.1. The molecule has 44 heavy (non-hydrogen) atoms. The number of β-amino-alcohol motifs (C(OH)–C–C–N with tert-alkyl or cyclic N) is 1. The van der Waals surface area contributed by atoms with Crippen molar-refractivity contribution in [1.29, 1.82) is 0 Å². The molecule has 3 unspecified atom stereocenters. The van der Waals surface area contributed by atoms with Gasteiger partial charge < -0.3 is 20.6 Å². The van der Waals surface area contributed by atoms with Crippen molar-refractivity contribution in [3.05, 3.63) is 71.8 Å². The Bertz CT molecular complexity index is 1200. The third-order valence-electron chi connectivity index (χ3n) is 9.94. The molecule has 5 rings (SSSR count). The Morgan fingerprint density at radius 3 is 2.27 bits per heavy atom. The highest BCUT2D eigenvalue weighted by Crippen LogP contribution is 2.39. The van der Waals surface area contributed by atoms with Gasteiger partial charge in [-0.3, -0.25) is 14.5 Å². The van der Waals surface area contributed by atoms with Gasteiger partial charge in [-0.15, -0.1) is 0 Å². The van der Waals surface area contributed by atoms with Crippen LogP contribution >= 0.6 is 0 Å². The Hall–Kier alpha value is -2.74. The second kappa shape index (κ2) is 15.0. The molecule has 2 aromatic rings. The molecule has 2 saturated heterocycles. The number of carbonyl (C=O) groups is 2. The van der Waals surface area contributed by atoms with Crippen LogP contribution in [0.15, 0.2) is 60.7 Å². The Morgan fingerprint density at radius 2 is 1.59 bits per heavy atom. The van der Waals surface area contributed by atoms with E-state index in [1.54, 1.807) is 0 Å². The van der Waals surface area contributed by atoms with Crippen molar-refractivity contribution in [1.82, 2.24) is 20.4 Å². The molecule has 3 fully saturated rings. The van der Waals surface area contributed by atoms with Gasteiger partial charge in [0.05, 0.1) is 12.1 Å². The van der Waals surface area contributed by atoms with Crippen molar-refractivity contribution < 1.29 is 14.7 Å². The number of nitrogens with one attached hydrogen (secondary N) is 2.